The predicted molar refractivity (Wildman–Crippen MR) is 63.5 cm³/mol. The SMILES string of the molecule is Nc1cc(NCc2ccoc2)cc([N+](=O)[O-])c1. The van der Waals surface area contributed by atoms with Gasteiger partial charge in [-0.2, -0.15) is 0 Å². The predicted octanol–water partition coefficient (Wildman–Crippen LogP) is 2.38. The Labute approximate surface area is 97.2 Å². The van der Waals surface area contributed by atoms with E-state index in [1.807, 2.05) is 6.07 Å². The number of rotatable bonds is 4. The Morgan fingerprint density at radius 2 is 2.24 bits per heavy atom. The van der Waals surface area contributed by atoms with Crippen LogP contribution in [0.3, 0.4) is 0 Å². The number of furan rings is 1. The third-order valence-electron chi connectivity index (χ3n) is 2.23. The second-order valence-electron chi connectivity index (χ2n) is 3.56. The van der Waals surface area contributed by atoms with E-state index in [2.05, 4.69) is 5.32 Å². The summed E-state index contributed by atoms with van der Waals surface area (Å²) in [5.41, 5.74) is 7.47. The van der Waals surface area contributed by atoms with Crippen molar-refractivity contribution in [1.82, 2.24) is 0 Å². The highest BCUT2D eigenvalue weighted by atomic mass is 16.6. The minimum Gasteiger partial charge on any atom is -0.472 e. The van der Waals surface area contributed by atoms with Gasteiger partial charge in [0.05, 0.1) is 17.4 Å². The van der Waals surface area contributed by atoms with Crippen LogP contribution in [0.2, 0.25) is 0 Å². The first-order valence-corrected chi connectivity index (χ1v) is 4.95. The van der Waals surface area contributed by atoms with Gasteiger partial charge in [0.15, 0.2) is 0 Å². The van der Waals surface area contributed by atoms with Crippen LogP contribution in [0.15, 0.2) is 41.2 Å². The summed E-state index contributed by atoms with van der Waals surface area (Å²) in [5.74, 6) is 0. The normalized spacial score (nSPS) is 10.1. The van der Waals surface area contributed by atoms with Crippen LogP contribution in [0, 0.1) is 10.1 Å². The number of benzene rings is 1. The number of nitrogens with one attached hydrogen (secondary N) is 1. The van der Waals surface area contributed by atoms with E-state index in [0.29, 0.717) is 17.9 Å². The number of hydrogen-bond acceptors (Lipinski definition) is 5. The maximum atomic E-state index is 10.6. The van der Waals surface area contributed by atoms with Gasteiger partial charge in [-0.05, 0) is 12.1 Å². The zero-order valence-electron chi connectivity index (χ0n) is 8.92. The first-order valence-electron chi connectivity index (χ1n) is 4.95. The molecule has 0 saturated carbocycles. The standard InChI is InChI=1S/C11H11N3O3/c12-9-3-10(5-11(4-9)14(15)16)13-6-8-1-2-17-7-8/h1-5,7,13H,6,12H2. The molecule has 0 radical (unpaired) electrons. The first kappa shape index (κ1) is 11.0. The van der Waals surface area contributed by atoms with Crippen LogP contribution in [0.25, 0.3) is 0 Å². The molecule has 0 bridgehead atoms. The highest BCUT2D eigenvalue weighted by Crippen LogP contribution is 2.22. The first-order chi connectivity index (χ1) is 8.15. The second kappa shape index (κ2) is 4.56. The summed E-state index contributed by atoms with van der Waals surface area (Å²) >= 11 is 0. The summed E-state index contributed by atoms with van der Waals surface area (Å²) in [5, 5.41) is 13.7. The largest absolute Gasteiger partial charge is 0.472 e. The van der Waals surface area contributed by atoms with Gasteiger partial charge in [0.25, 0.3) is 5.69 Å². The zero-order chi connectivity index (χ0) is 12.3. The van der Waals surface area contributed by atoms with Gasteiger partial charge in [-0.1, -0.05) is 0 Å². The van der Waals surface area contributed by atoms with Crippen molar-refractivity contribution in [1.29, 1.82) is 0 Å². The molecule has 0 amide bonds. The maximum absolute atomic E-state index is 10.6. The molecule has 88 valence electrons. The Morgan fingerprint density at radius 1 is 1.41 bits per heavy atom. The third-order valence-corrected chi connectivity index (χ3v) is 2.23. The van der Waals surface area contributed by atoms with Gasteiger partial charge in [-0.15, -0.1) is 0 Å². The molecule has 1 heterocycles. The second-order valence-corrected chi connectivity index (χ2v) is 3.56. The Morgan fingerprint density at radius 3 is 2.88 bits per heavy atom. The highest BCUT2D eigenvalue weighted by molar-refractivity contribution is 5.61. The average molecular weight is 233 g/mol. The lowest BCUT2D eigenvalue weighted by atomic mass is 10.2. The molecule has 0 unspecified atom stereocenters. The van der Waals surface area contributed by atoms with E-state index < -0.39 is 4.92 Å². The fourth-order valence-electron chi connectivity index (χ4n) is 1.44. The third kappa shape index (κ3) is 2.75. The van der Waals surface area contributed by atoms with Gasteiger partial charge in [-0.3, -0.25) is 10.1 Å². The summed E-state index contributed by atoms with van der Waals surface area (Å²) in [4.78, 5) is 10.2. The maximum Gasteiger partial charge on any atom is 0.273 e. The Hall–Kier alpha value is -2.50. The van der Waals surface area contributed by atoms with Crippen LogP contribution in [0.5, 0.6) is 0 Å². The number of nitrogens with two attached hydrogens (primary N) is 1. The van der Waals surface area contributed by atoms with Crippen LogP contribution in [-0.4, -0.2) is 4.92 Å². The minimum atomic E-state index is -0.473. The van der Waals surface area contributed by atoms with Crippen LogP contribution in [0.1, 0.15) is 5.56 Å². The lowest BCUT2D eigenvalue weighted by molar-refractivity contribution is -0.384. The number of non-ortho nitro benzene ring substituents is 1. The molecule has 1 aromatic heterocycles. The van der Waals surface area contributed by atoms with E-state index in [1.54, 1.807) is 18.6 Å². The Bertz CT molecular complexity index is 523. The van der Waals surface area contributed by atoms with Crippen molar-refractivity contribution in [3.63, 3.8) is 0 Å². The number of anilines is 2. The van der Waals surface area contributed by atoms with Crippen molar-refractivity contribution in [2.75, 3.05) is 11.1 Å². The lowest BCUT2D eigenvalue weighted by Crippen LogP contribution is -2.00. The van der Waals surface area contributed by atoms with Crippen LogP contribution in [0.4, 0.5) is 17.1 Å². The van der Waals surface area contributed by atoms with E-state index in [4.69, 9.17) is 10.2 Å². The molecule has 1 aromatic carbocycles. The van der Waals surface area contributed by atoms with E-state index >= 15 is 0 Å². The van der Waals surface area contributed by atoms with E-state index in [-0.39, 0.29) is 5.69 Å². The van der Waals surface area contributed by atoms with Crippen molar-refractivity contribution in [2.45, 2.75) is 6.54 Å². The lowest BCUT2D eigenvalue weighted by Gasteiger charge is -2.05. The van der Waals surface area contributed by atoms with E-state index in [0.717, 1.165) is 5.56 Å². The fourth-order valence-corrected chi connectivity index (χ4v) is 1.44. The molecule has 0 aliphatic rings. The number of nitro benzene ring substituents is 1. The van der Waals surface area contributed by atoms with Gasteiger partial charge in [0.1, 0.15) is 0 Å². The average Bonchev–Trinajstić information content (AvgIpc) is 2.78. The smallest absolute Gasteiger partial charge is 0.273 e. The molecule has 0 aliphatic carbocycles. The molecule has 3 N–H and O–H groups in total. The zero-order valence-corrected chi connectivity index (χ0v) is 8.92. The Balaban J connectivity index is 2.13. The molecule has 0 aliphatic heterocycles. The summed E-state index contributed by atoms with van der Waals surface area (Å²) in [6.45, 7) is 0.525. The molecule has 6 nitrogen and oxygen atoms in total. The number of nitrogens with zero attached hydrogens (tertiary/aromatic N) is 1. The van der Waals surface area contributed by atoms with E-state index in [9.17, 15) is 10.1 Å². The van der Waals surface area contributed by atoms with Crippen molar-refractivity contribution in [3.05, 3.63) is 52.5 Å². The molecule has 2 rings (SSSR count). The molecule has 2 aromatic rings. The van der Waals surface area contributed by atoms with Crippen LogP contribution >= 0.6 is 0 Å². The van der Waals surface area contributed by atoms with Gasteiger partial charge in [-0.25, -0.2) is 0 Å². The monoisotopic (exact) mass is 233 g/mol. The molecular formula is C11H11N3O3. The quantitative estimate of drug-likeness (QED) is 0.480. The van der Waals surface area contributed by atoms with Crippen molar-refractivity contribution >= 4 is 17.1 Å². The summed E-state index contributed by atoms with van der Waals surface area (Å²) in [6, 6.07) is 6.22. The highest BCUT2D eigenvalue weighted by Gasteiger charge is 2.08. The van der Waals surface area contributed by atoms with Crippen molar-refractivity contribution in [2.24, 2.45) is 0 Å². The molecular weight excluding hydrogens is 222 g/mol. The van der Waals surface area contributed by atoms with Crippen molar-refractivity contribution < 1.29 is 9.34 Å². The molecule has 0 atom stereocenters. The van der Waals surface area contributed by atoms with Gasteiger partial charge in [0, 0.05) is 35.6 Å². The molecule has 6 heteroatoms. The van der Waals surface area contributed by atoms with Gasteiger partial charge in [0.2, 0.25) is 0 Å². The topological polar surface area (TPSA) is 94.3 Å². The molecule has 0 fully saturated rings. The summed E-state index contributed by atoms with van der Waals surface area (Å²) in [6.07, 6.45) is 3.17. The molecule has 0 spiro atoms. The minimum absolute atomic E-state index is 0.0281. The number of hydrogen-bond donors (Lipinski definition) is 2. The summed E-state index contributed by atoms with van der Waals surface area (Å²) in [7, 11) is 0. The summed E-state index contributed by atoms with van der Waals surface area (Å²) < 4.78 is 4.92. The molecule has 0 saturated heterocycles. The fraction of sp³-hybridized carbons (Fsp3) is 0.0909. The van der Waals surface area contributed by atoms with Gasteiger partial charge < -0.3 is 15.5 Å². The van der Waals surface area contributed by atoms with Crippen LogP contribution < -0.4 is 11.1 Å². The van der Waals surface area contributed by atoms with Gasteiger partial charge >= 0.3 is 0 Å². The number of nitro groups is 1. The van der Waals surface area contributed by atoms with E-state index in [1.165, 1.54) is 12.1 Å². The van der Waals surface area contributed by atoms with Crippen LogP contribution in [-0.2, 0) is 6.54 Å². The van der Waals surface area contributed by atoms with Crippen molar-refractivity contribution in [3.8, 4) is 0 Å². The Kier molecular flexibility index (Phi) is 2.95. The number of nitrogen functional groups attached to an aromatic ring is 1. The molecule has 17 heavy (non-hydrogen) atoms.